The van der Waals surface area contributed by atoms with E-state index in [0.29, 0.717) is 27.3 Å². The summed E-state index contributed by atoms with van der Waals surface area (Å²) in [5, 5.41) is 3.87. The molecule has 1 aliphatic rings. The van der Waals surface area contributed by atoms with E-state index in [4.69, 9.17) is 34.8 Å². The van der Waals surface area contributed by atoms with Crippen molar-refractivity contribution in [3.8, 4) is 0 Å². The van der Waals surface area contributed by atoms with Gasteiger partial charge in [-0.15, -0.1) is 0 Å². The number of carbonyl (C=O) groups excluding carboxylic acids is 1. The molecule has 3 rings (SSSR count). The Kier molecular flexibility index (Phi) is 6.73. The Balaban J connectivity index is 1.48. The first-order valence-corrected chi connectivity index (χ1v) is 9.43. The van der Waals surface area contributed by atoms with E-state index in [1.54, 1.807) is 12.1 Å². The minimum absolute atomic E-state index is 0.144. The Morgan fingerprint density at radius 1 is 1.04 bits per heavy atom. The molecule has 0 spiro atoms. The molecule has 1 aliphatic heterocycles. The number of nitrogens with zero attached hydrogens (tertiary/aromatic N) is 3. The third kappa shape index (κ3) is 5.32. The highest BCUT2D eigenvalue weighted by Crippen LogP contribution is 2.33. The van der Waals surface area contributed by atoms with E-state index in [0.717, 1.165) is 38.4 Å². The van der Waals surface area contributed by atoms with Gasteiger partial charge in [-0.3, -0.25) is 19.6 Å². The number of hydrogen-bond donors (Lipinski definition) is 1. The van der Waals surface area contributed by atoms with Crippen LogP contribution in [0.1, 0.15) is 5.69 Å². The van der Waals surface area contributed by atoms with Crippen molar-refractivity contribution < 1.29 is 4.79 Å². The van der Waals surface area contributed by atoms with E-state index in [1.807, 2.05) is 24.4 Å². The summed E-state index contributed by atoms with van der Waals surface area (Å²) in [6, 6.07) is 9.05. The molecule has 0 unspecified atom stereocenters. The third-order valence-electron chi connectivity index (χ3n) is 4.22. The van der Waals surface area contributed by atoms with Crippen molar-refractivity contribution in [2.75, 3.05) is 38.0 Å². The lowest BCUT2D eigenvalue weighted by atomic mass is 10.2. The molecule has 2 heterocycles. The molecule has 1 aromatic heterocycles. The van der Waals surface area contributed by atoms with E-state index >= 15 is 0 Å². The monoisotopic (exact) mass is 412 g/mol. The summed E-state index contributed by atoms with van der Waals surface area (Å²) in [4.78, 5) is 21.1. The SMILES string of the molecule is O=C(CN1CCN(Cc2ccccn2)CC1)Nc1c(Cl)cc(Cl)cc1Cl. The zero-order valence-electron chi connectivity index (χ0n) is 14.1. The molecular formula is C18H19Cl3N4O. The van der Waals surface area contributed by atoms with Crippen LogP contribution in [-0.2, 0) is 11.3 Å². The smallest absolute Gasteiger partial charge is 0.238 e. The van der Waals surface area contributed by atoms with Crippen molar-refractivity contribution in [3.05, 3.63) is 57.3 Å². The predicted molar refractivity (Wildman–Crippen MR) is 106 cm³/mol. The lowest BCUT2D eigenvalue weighted by molar-refractivity contribution is -0.117. The van der Waals surface area contributed by atoms with Gasteiger partial charge < -0.3 is 5.32 Å². The first-order chi connectivity index (χ1) is 12.5. The summed E-state index contributed by atoms with van der Waals surface area (Å²) in [6.45, 7) is 4.56. The average Bonchev–Trinajstić information content (AvgIpc) is 2.61. The fourth-order valence-corrected chi connectivity index (χ4v) is 3.78. The molecule has 0 bridgehead atoms. The molecule has 1 amide bonds. The van der Waals surface area contributed by atoms with E-state index in [1.165, 1.54) is 0 Å². The van der Waals surface area contributed by atoms with Crippen molar-refractivity contribution in [2.45, 2.75) is 6.54 Å². The van der Waals surface area contributed by atoms with Crippen LogP contribution in [-0.4, -0.2) is 53.4 Å². The van der Waals surface area contributed by atoms with Crippen molar-refractivity contribution >= 4 is 46.4 Å². The fourth-order valence-electron chi connectivity index (χ4n) is 2.87. The molecular weight excluding hydrogens is 395 g/mol. The predicted octanol–water partition coefficient (Wildman–Crippen LogP) is 3.80. The largest absolute Gasteiger partial charge is 0.322 e. The summed E-state index contributed by atoms with van der Waals surface area (Å²) in [5.41, 5.74) is 1.46. The molecule has 0 saturated carbocycles. The van der Waals surface area contributed by atoms with Crippen LogP contribution in [0.15, 0.2) is 36.5 Å². The molecule has 138 valence electrons. The summed E-state index contributed by atoms with van der Waals surface area (Å²) in [5.74, 6) is -0.144. The lowest BCUT2D eigenvalue weighted by Crippen LogP contribution is -2.48. The second-order valence-corrected chi connectivity index (χ2v) is 7.42. The summed E-state index contributed by atoms with van der Waals surface area (Å²) < 4.78 is 0. The molecule has 0 aliphatic carbocycles. The molecule has 1 fully saturated rings. The Hall–Kier alpha value is -1.37. The maximum Gasteiger partial charge on any atom is 0.238 e. The zero-order chi connectivity index (χ0) is 18.5. The van der Waals surface area contributed by atoms with Crippen LogP contribution in [0.4, 0.5) is 5.69 Å². The topological polar surface area (TPSA) is 48.5 Å². The number of rotatable bonds is 5. The van der Waals surface area contributed by atoms with Gasteiger partial charge >= 0.3 is 0 Å². The van der Waals surface area contributed by atoms with Crippen LogP contribution < -0.4 is 5.32 Å². The Morgan fingerprint density at radius 2 is 1.69 bits per heavy atom. The fraction of sp³-hybridized carbons (Fsp3) is 0.333. The maximum atomic E-state index is 12.3. The molecule has 2 aromatic rings. The highest BCUT2D eigenvalue weighted by molar-refractivity contribution is 6.42. The number of carbonyl (C=O) groups is 1. The number of anilines is 1. The highest BCUT2D eigenvalue weighted by atomic mass is 35.5. The Bertz CT molecular complexity index is 741. The van der Waals surface area contributed by atoms with Crippen LogP contribution in [0.3, 0.4) is 0 Å². The van der Waals surface area contributed by atoms with E-state index < -0.39 is 0 Å². The van der Waals surface area contributed by atoms with Gasteiger partial charge in [0.1, 0.15) is 0 Å². The van der Waals surface area contributed by atoms with E-state index in [-0.39, 0.29) is 5.91 Å². The van der Waals surface area contributed by atoms with Crippen LogP contribution in [0.25, 0.3) is 0 Å². The zero-order valence-corrected chi connectivity index (χ0v) is 16.4. The second kappa shape index (κ2) is 9.02. The quantitative estimate of drug-likeness (QED) is 0.810. The molecule has 0 radical (unpaired) electrons. The standard InChI is InChI=1S/C18H19Cl3N4O/c19-13-9-15(20)18(16(21)10-13)23-17(26)12-25-7-5-24(6-8-25)11-14-3-1-2-4-22-14/h1-4,9-10H,5-8,11-12H2,(H,23,26). The second-order valence-electron chi connectivity index (χ2n) is 6.17. The number of piperazine rings is 1. The summed E-state index contributed by atoms with van der Waals surface area (Å²) in [6.07, 6.45) is 1.81. The minimum atomic E-state index is -0.144. The van der Waals surface area contributed by atoms with Gasteiger partial charge in [-0.25, -0.2) is 0 Å². The highest BCUT2D eigenvalue weighted by Gasteiger charge is 2.20. The summed E-state index contributed by atoms with van der Waals surface area (Å²) in [7, 11) is 0. The molecule has 5 nitrogen and oxygen atoms in total. The van der Waals surface area contributed by atoms with Gasteiger partial charge in [-0.05, 0) is 24.3 Å². The number of nitrogens with one attached hydrogen (secondary N) is 1. The molecule has 0 atom stereocenters. The van der Waals surface area contributed by atoms with Gasteiger partial charge in [0, 0.05) is 43.9 Å². The average molecular weight is 414 g/mol. The van der Waals surface area contributed by atoms with Gasteiger partial charge in [-0.2, -0.15) is 0 Å². The molecule has 1 aromatic carbocycles. The number of aromatic nitrogens is 1. The van der Waals surface area contributed by atoms with Crippen molar-refractivity contribution in [1.82, 2.24) is 14.8 Å². The first-order valence-electron chi connectivity index (χ1n) is 8.30. The van der Waals surface area contributed by atoms with Crippen molar-refractivity contribution in [3.63, 3.8) is 0 Å². The molecule has 1 saturated heterocycles. The van der Waals surface area contributed by atoms with Gasteiger partial charge in [-0.1, -0.05) is 40.9 Å². The number of pyridine rings is 1. The van der Waals surface area contributed by atoms with Gasteiger partial charge in [0.25, 0.3) is 0 Å². The first kappa shape index (κ1) is 19.4. The van der Waals surface area contributed by atoms with E-state index in [9.17, 15) is 4.79 Å². The van der Waals surface area contributed by atoms with Crippen LogP contribution in [0, 0.1) is 0 Å². The normalized spacial score (nSPS) is 15.8. The molecule has 1 N–H and O–H groups in total. The van der Waals surface area contributed by atoms with Gasteiger partial charge in [0.05, 0.1) is 28.0 Å². The van der Waals surface area contributed by atoms with Crippen LogP contribution >= 0.6 is 34.8 Å². The number of hydrogen-bond acceptors (Lipinski definition) is 4. The number of benzene rings is 1. The molecule has 8 heteroatoms. The van der Waals surface area contributed by atoms with Crippen molar-refractivity contribution in [1.29, 1.82) is 0 Å². The minimum Gasteiger partial charge on any atom is -0.322 e. The Morgan fingerprint density at radius 3 is 2.31 bits per heavy atom. The van der Waals surface area contributed by atoms with E-state index in [2.05, 4.69) is 20.1 Å². The van der Waals surface area contributed by atoms with Crippen molar-refractivity contribution in [2.24, 2.45) is 0 Å². The number of amides is 1. The summed E-state index contributed by atoms with van der Waals surface area (Å²) >= 11 is 18.1. The van der Waals surface area contributed by atoms with Gasteiger partial charge in [0.2, 0.25) is 5.91 Å². The lowest BCUT2D eigenvalue weighted by Gasteiger charge is -2.34. The molecule has 26 heavy (non-hydrogen) atoms. The van der Waals surface area contributed by atoms with Crippen LogP contribution in [0.2, 0.25) is 15.1 Å². The number of halogens is 3. The third-order valence-corrected chi connectivity index (χ3v) is 5.03. The Labute approximate surface area is 167 Å². The maximum absolute atomic E-state index is 12.3. The van der Waals surface area contributed by atoms with Gasteiger partial charge in [0.15, 0.2) is 0 Å². The van der Waals surface area contributed by atoms with Crippen LogP contribution in [0.5, 0.6) is 0 Å².